The molecule has 0 heterocycles. The van der Waals surface area contributed by atoms with Gasteiger partial charge in [-0.15, -0.1) is 18.3 Å². The Bertz CT molecular complexity index is 376. The van der Waals surface area contributed by atoms with E-state index in [1.807, 2.05) is 23.9 Å². The molecule has 0 aromatic heterocycles. The monoisotopic (exact) mass is 263 g/mol. The molecule has 0 aliphatic rings. The van der Waals surface area contributed by atoms with E-state index in [0.717, 1.165) is 19.0 Å². The lowest BCUT2D eigenvalue weighted by molar-refractivity contribution is 0.815. The highest BCUT2D eigenvalue weighted by atomic mass is 32.2. The lowest BCUT2D eigenvalue weighted by Gasteiger charge is -2.15. The largest absolute Gasteiger partial charge is 0.355 e. The first kappa shape index (κ1) is 14.6. The Labute approximate surface area is 114 Å². The molecule has 0 spiro atoms. The van der Waals surface area contributed by atoms with Gasteiger partial charge in [0.25, 0.3) is 0 Å². The summed E-state index contributed by atoms with van der Waals surface area (Å²) in [7, 11) is 1.77. The first-order valence-corrected chi connectivity index (χ1v) is 6.91. The standard InChI is InChI=1S/C14H21N3S/c1-4-10-16-14(15-3)17-11-12(2)18-13-8-6-5-7-9-13/h4-9,12H,1,10-11H2,2-3H3,(H2,15,16,17). The lowest BCUT2D eigenvalue weighted by atomic mass is 10.4. The van der Waals surface area contributed by atoms with E-state index in [-0.39, 0.29) is 0 Å². The summed E-state index contributed by atoms with van der Waals surface area (Å²) in [5.74, 6) is 0.815. The molecule has 98 valence electrons. The number of benzene rings is 1. The molecule has 4 heteroatoms. The summed E-state index contributed by atoms with van der Waals surface area (Å²) in [4.78, 5) is 5.43. The molecule has 0 saturated carbocycles. The molecule has 0 radical (unpaired) electrons. The van der Waals surface area contributed by atoms with Crippen LogP contribution in [-0.4, -0.2) is 31.3 Å². The van der Waals surface area contributed by atoms with Crippen molar-refractivity contribution in [2.75, 3.05) is 20.1 Å². The van der Waals surface area contributed by atoms with Gasteiger partial charge in [0.2, 0.25) is 0 Å². The molecule has 0 aliphatic heterocycles. The third-order valence-corrected chi connectivity index (χ3v) is 3.39. The SMILES string of the molecule is C=CCNC(=NC)NCC(C)Sc1ccccc1. The van der Waals surface area contributed by atoms with Crippen LogP contribution in [0.1, 0.15) is 6.92 Å². The molecule has 3 nitrogen and oxygen atoms in total. The average molecular weight is 263 g/mol. The van der Waals surface area contributed by atoms with Crippen molar-refractivity contribution in [2.24, 2.45) is 4.99 Å². The zero-order valence-electron chi connectivity index (χ0n) is 11.0. The maximum atomic E-state index is 4.14. The predicted molar refractivity (Wildman–Crippen MR) is 81.3 cm³/mol. The predicted octanol–water partition coefficient (Wildman–Crippen LogP) is 2.52. The van der Waals surface area contributed by atoms with Crippen LogP contribution in [0.5, 0.6) is 0 Å². The smallest absolute Gasteiger partial charge is 0.191 e. The molecule has 2 N–H and O–H groups in total. The number of nitrogens with one attached hydrogen (secondary N) is 2. The number of hydrogen-bond acceptors (Lipinski definition) is 2. The van der Waals surface area contributed by atoms with E-state index in [0.29, 0.717) is 5.25 Å². The first-order chi connectivity index (χ1) is 8.76. The van der Waals surface area contributed by atoms with Crippen molar-refractivity contribution in [2.45, 2.75) is 17.1 Å². The van der Waals surface area contributed by atoms with E-state index >= 15 is 0 Å². The molecule has 0 fully saturated rings. The Morgan fingerprint density at radius 2 is 2.11 bits per heavy atom. The minimum Gasteiger partial charge on any atom is -0.355 e. The Morgan fingerprint density at radius 3 is 2.72 bits per heavy atom. The minimum atomic E-state index is 0.481. The van der Waals surface area contributed by atoms with Gasteiger partial charge < -0.3 is 10.6 Å². The Balaban J connectivity index is 2.32. The van der Waals surface area contributed by atoms with Crippen LogP contribution in [0.15, 0.2) is 52.9 Å². The highest BCUT2D eigenvalue weighted by Crippen LogP contribution is 2.21. The van der Waals surface area contributed by atoms with Crippen LogP contribution >= 0.6 is 11.8 Å². The summed E-state index contributed by atoms with van der Waals surface area (Å²) in [6.45, 7) is 7.46. The van der Waals surface area contributed by atoms with Gasteiger partial charge >= 0.3 is 0 Å². The van der Waals surface area contributed by atoms with E-state index in [1.165, 1.54) is 4.90 Å². The van der Waals surface area contributed by atoms with Gasteiger partial charge in [-0.1, -0.05) is 31.2 Å². The van der Waals surface area contributed by atoms with Crippen molar-refractivity contribution in [3.05, 3.63) is 43.0 Å². The molecule has 0 saturated heterocycles. The van der Waals surface area contributed by atoms with Crippen molar-refractivity contribution >= 4 is 17.7 Å². The van der Waals surface area contributed by atoms with Gasteiger partial charge in [0.1, 0.15) is 0 Å². The molecule has 0 aliphatic carbocycles. The maximum Gasteiger partial charge on any atom is 0.191 e. The lowest BCUT2D eigenvalue weighted by Crippen LogP contribution is -2.39. The summed E-state index contributed by atoms with van der Waals surface area (Å²) in [5.41, 5.74) is 0. The summed E-state index contributed by atoms with van der Waals surface area (Å²) in [6.07, 6.45) is 1.81. The molecule has 18 heavy (non-hydrogen) atoms. The number of hydrogen-bond donors (Lipinski definition) is 2. The van der Waals surface area contributed by atoms with Crippen LogP contribution in [0.3, 0.4) is 0 Å². The van der Waals surface area contributed by atoms with E-state index in [1.54, 1.807) is 7.05 Å². The number of aliphatic imine (C=N–C) groups is 1. The van der Waals surface area contributed by atoms with Gasteiger partial charge in [0.05, 0.1) is 0 Å². The number of guanidine groups is 1. The van der Waals surface area contributed by atoms with E-state index in [4.69, 9.17) is 0 Å². The fourth-order valence-electron chi connectivity index (χ4n) is 1.40. The second-order valence-electron chi connectivity index (χ2n) is 3.86. The average Bonchev–Trinajstić information content (AvgIpc) is 2.40. The molecule has 1 unspecified atom stereocenters. The first-order valence-electron chi connectivity index (χ1n) is 6.03. The summed E-state index contributed by atoms with van der Waals surface area (Å²) >= 11 is 1.85. The highest BCUT2D eigenvalue weighted by molar-refractivity contribution is 8.00. The van der Waals surface area contributed by atoms with Gasteiger partial charge in [-0.2, -0.15) is 0 Å². The zero-order valence-corrected chi connectivity index (χ0v) is 11.8. The number of thioether (sulfide) groups is 1. The zero-order chi connectivity index (χ0) is 13.2. The van der Waals surface area contributed by atoms with Crippen LogP contribution in [0, 0.1) is 0 Å². The molecule has 0 bridgehead atoms. The fourth-order valence-corrected chi connectivity index (χ4v) is 2.35. The summed E-state index contributed by atoms with van der Waals surface area (Å²) < 4.78 is 0. The molecule has 1 rings (SSSR count). The topological polar surface area (TPSA) is 36.4 Å². The van der Waals surface area contributed by atoms with Gasteiger partial charge in [-0.25, -0.2) is 0 Å². The Hall–Kier alpha value is -1.42. The normalized spacial score (nSPS) is 12.9. The second kappa shape index (κ2) is 8.64. The van der Waals surface area contributed by atoms with E-state index in [2.05, 4.69) is 53.4 Å². The summed E-state index contributed by atoms with van der Waals surface area (Å²) in [6, 6.07) is 10.4. The second-order valence-corrected chi connectivity index (χ2v) is 5.38. The van der Waals surface area contributed by atoms with E-state index in [9.17, 15) is 0 Å². The van der Waals surface area contributed by atoms with Gasteiger partial charge in [0, 0.05) is 30.3 Å². The quantitative estimate of drug-likeness (QED) is 0.358. The van der Waals surface area contributed by atoms with Crippen molar-refractivity contribution in [3.8, 4) is 0 Å². The van der Waals surface area contributed by atoms with Gasteiger partial charge in [-0.3, -0.25) is 4.99 Å². The van der Waals surface area contributed by atoms with Gasteiger partial charge in [-0.05, 0) is 12.1 Å². The third kappa shape index (κ3) is 5.77. The van der Waals surface area contributed by atoms with Gasteiger partial charge in [0.15, 0.2) is 5.96 Å². The van der Waals surface area contributed by atoms with Crippen LogP contribution in [0.25, 0.3) is 0 Å². The van der Waals surface area contributed by atoms with Crippen LogP contribution < -0.4 is 10.6 Å². The van der Waals surface area contributed by atoms with Crippen LogP contribution in [0.4, 0.5) is 0 Å². The number of nitrogens with zero attached hydrogens (tertiary/aromatic N) is 1. The number of rotatable bonds is 6. The van der Waals surface area contributed by atoms with Crippen molar-refractivity contribution in [1.29, 1.82) is 0 Å². The maximum absolute atomic E-state index is 4.14. The summed E-state index contributed by atoms with van der Waals surface area (Å²) in [5, 5.41) is 6.93. The highest BCUT2D eigenvalue weighted by Gasteiger charge is 2.05. The third-order valence-electron chi connectivity index (χ3n) is 2.27. The molecule has 1 aromatic carbocycles. The van der Waals surface area contributed by atoms with Crippen molar-refractivity contribution in [1.82, 2.24) is 10.6 Å². The molecule has 0 amide bonds. The molecule has 1 aromatic rings. The van der Waals surface area contributed by atoms with Crippen LogP contribution in [0.2, 0.25) is 0 Å². The Morgan fingerprint density at radius 1 is 1.39 bits per heavy atom. The molecule has 1 atom stereocenters. The van der Waals surface area contributed by atoms with Crippen LogP contribution in [-0.2, 0) is 0 Å². The minimum absolute atomic E-state index is 0.481. The molecular formula is C14H21N3S. The van der Waals surface area contributed by atoms with E-state index < -0.39 is 0 Å². The van der Waals surface area contributed by atoms with Crippen molar-refractivity contribution in [3.63, 3.8) is 0 Å². The fraction of sp³-hybridized carbons (Fsp3) is 0.357. The van der Waals surface area contributed by atoms with Crippen molar-refractivity contribution < 1.29 is 0 Å². The Kier molecular flexibility index (Phi) is 7.03. The molecular weight excluding hydrogens is 242 g/mol.